The minimum Gasteiger partial charge on any atom is -0.446 e. The van der Waals surface area contributed by atoms with Crippen molar-refractivity contribution in [3.05, 3.63) is 64.2 Å². The molecule has 2 aromatic carbocycles. The van der Waals surface area contributed by atoms with Crippen molar-refractivity contribution in [2.24, 2.45) is 26.9 Å². The van der Waals surface area contributed by atoms with Crippen molar-refractivity contribution in [3.63, 3.8) is 0 Å². The molecule has 45 heavy (non-hydrogen) atoms. The number of rotatable bonds is 7. The lowest BCUT2D eigenvalue weighted by Gasteiger charge is -2.43. The van der Waals surface area contributed by atoms with Crippen LogP contribution in [0, 0.1) is 0 Å². The van der Waals surface area contributed by atoms with E-state index < -0.39 is 77.6 Å². The number of anilines is 1. The average molecular weight is 656 g/mol. The van der Waals surface area contributed by atoms with Gasteiger partial charge in [-0.3, -0.25) is 4.90 Å². The molecular formula is C27H30F9N7O2. The number of hydrogen-bond acceptors (Lipinski definition) is 5. The van der Waals surface area contributed by atoms with Crippen molar-refractivity contribution in [2.45, 2.75) is 70.5 Å². The molecule has 1 amide bonds. The van der Waals surface area contributed by atoms with Crippen molar-refractivity contribution in [1.82, 2.24) is 4.90 Å². The maximum atomic E-state index is 13.8. The van der Waals surface area contributed by atoms with E-state index in [1.807, 2.05) is 0 Å². The van der Waals surface area contributed by atoms with Crippen LogP contribution < -0.4 is 16.4 Å². The van der Waals surface area contributed by atoms with E-state index in [1.165, 1.54) is 6.92 Å². The molecule has 3 rings (SSSR count). The molecule has 248 valence electrons. The molecule has 0 aliphatic carbocycles. The molecule has 0 fully saturated rings. The van der Waals surface area contributed by atoms with Gasteiger partial charge in [-0.05, 0) is 79.9 Å². The second kappa shape index (κ2) is 13.5. The van der Waals surface area contributed by atoms with Crippen molar-refractivity contribution in [2.75, 3.05) is 18.0 Å². The van der Waals surface area contributed by atoms with Gasteiger partial charge < -0.3 is 21.1 Å². The third-order valence-corrected chi connectivity index (χ3v) is 6.62. The number of amides is 1. The van der Waals surface area contributed by atoms with Crippen LogP contribution in [0.1, 0.15) is 61.1 Å². The van der Waals surface area contributed by atoms with Crippen LogP contribution in [0.5, 0.6) is 0 Å². The first kappa shape index (κ1) is 35.4. The summed E-state index contributed by atoms with van der Waals surface area (Å²) < 4.78 is 128. The topological polar surface area (TPSA) is 122 Å². The molecule has 18 heteroatoms. The summed E-state index contributed by atoms with van der Waals surface area (Å²) in [6.07, 6.45) is -16.8. The summed E-state index contributed by atoms with van der Waals surface area (Å²) in [6, 6.07) is 1.32. The number of hydrogen-bond donors (Lipinski definition) is 2. The molecule has 1 aliphatic heterocycles. The number of halogens is 9. The molecule has 9 nitrogen and oxygen atoms in total. The summed E-state index contributed by atoms with van der Waals surface area (Å²) in [6.45, 7) is 3.93. The lowest BCUT2D eigenvalue weighted by atomic mass is 9.89. The number of ether oxygens (including phenoxy) is 1. The van der Waals surface area contributed by atoms with Gasteiger partial charge in [-0.1, -0.05) is 5.10 Å². The lowest BCUT2D eigenvalue weighted by Crippen LogP contribution is -2.49. The van der Waals surface area contributed by atoms with Crippen molar-refractivity contribution >= 4 is 17.7 Å². The lowest BCUT2D eigenvalue weighted by molar-refractivity contribution is -0.143. The fourth-order valence-corrected chi connectivity index (χ4v) is 4.74. The summed E-state index contributed by atoms with van der Waals surface area (Å²) >= 11 is 0. The molecule has 0 saturated heterocycles. The van der Waals surface area contributed by atoms with Crippen LogP contribution in [0.15, 0.2) is 51.8 Å². The second-order valence-corrected chi connectivity index (χ2v) is 10.4. The van der Waals surface area contributed by atoms with Gasteiger partial charge in [-0.25, -0.2) is 4.79 Å². The zero-order valence-electron chi connectivity index (χ0n) is 24.1. The second-order valence-electron chi connectivity index (χ2n) is 10.4. The maximum Gasteiger partial charge on any atom is 0.416 e. The molecular weight excluding hydrogens is 625 g/mol. The van der Waals surface area contributed by atoms with Gasteiger partial charge in [0, 0.05) is 19.1 Å². The zero-order chi connectivity index (χ0) is 33.9. The van der Waals surface area contributed by atoms with E-state index in [1.54, 1.807) is 13.8 Å². The number of guanidine groups is 1. The third-order valence-electron chi connectivity index (χ3n) is 6.62. The minimum absolute atomic E-state index is 0.00941. The fraction of sp³-hybridized carbons (Fsp3) is 0.481. The first-order valence-electron chi connectivity index (χ1n) is 13.4. The Balaban J connectivity index is 2.26. The van der Waals surface area contributed by atoms with E-state index in [0.717, 1.165) is 28.0 Å². The van der Waals surface area contributed by atoms with E-state index in [4.69, 9.17) is 16.2 Å². The Bertz CT molecular complexity index is 1390. The molecule has 4 N–H and O–H groups in total. The number of fused-ring (bicyclic) bond motifs is 1. The van der Waals surface area contributed by atoms with Gasteiger partial charge in [0.1, 0.15) is 0 Å². The SMILES string of the molecule is CC(C)OC(=O)N1c2ccc(C(F)(F)F)cc2[C@@H](N(Cc2cc(C(F)(F)F)cc(C(F)(F)F)c2)C(N)=NN=NCCN)C[C@H]1C. The third kappa shape index (κ3) is 8.76. The highest BCUT2D eigenvalue weighted by Crippen LogP contribution is 2.45. The highest BCUT2D eigenvalue weighted by atomic mass is 19.4. The monoisotopic (exact) mass is 655 g/mol. The van der Waals surface area contributed by atoms with Gasteiger partial charge >= 0.3 is 24.6 Å². The Morgan fingerprint density at radius 2 is 1.56 bits per heavy atom. The van der Waals surface area contributed by atoms with Crippen molar-refractivity contribution in [1.29, 1.82) is 0 Å². The molecule has 1 heterocycles. The summed E-state index contributed by atoms with van der Waals surface area (Å²) in [7, 11) is 0. The predicted molar refractivity (Wildman–Crippen MR) is 145 cm³/mol. The maximum absolute atomic E-state index is 13.8. The highest BCUT2D eigenvalue weighted by Gasteiger charge is 2.42. The number of benzene rings is 2. The first-order valence-corrected chi connectivity index (χ1v) is 13.4. The van der Waals surface area contributed by atoms with E-state index in [2.05, 4.69) is 15.4 Å². The van der Waals surface area contributed by atoms with E-state index in [0.29, 0.717) is 12.1 Å². The van der Waals surface area contributed by atoms with E-state index in [-0.39, 0.29) is 36.8 Å². The molecule has 1 aliphatic rings. The van der Waals surface area contributed by atoms with Crippen molar-refractivity contribution < 1.29 is 49.0 Å². The molecule has 0 aromatic heterocycles. The zero-order valence-corrected chi connectivity index (χ0v) is 24.1. The Hall–Kier alpha value is -4.09. The van der Waals surface area contributed by atoms with Gasteiger partial charge in [0.05, 0.1) is 41.1 Å². The van der Waals surface area contributed by atoms with Gasteiger partial charge in [0.2, 0.25) is 5.96 Å². The molecule has 0 saturated carbocycles. The van der Waals surface area contributed by atoms with E-state index >= 15 is 0 Å². The Kier molecular flexibility index (Phi) is 10.6. The van der Waals surface area contributed by atoms with E-state index in [9.17, 15) is 44.3 Å². The number of carbonyl (C=O) groups is 1. The highest BCUT2D eigenvalue weighted by molar-refractivity contribution is 5.91. The molecule has 0 unspecified atom stereocenters. The van der Waals surface area contributed by atoms with Crippen molar-refractivity contribution in [3.8, 4) is 0 Å². The first-order chi connectivity index (χ1) is 20.7. The Morgan fingerprint density at radius 1 is 0.978 bits per heavy atom. The normalized spacial score (nSPS) is 18.0. The van der Waals surface area contributed by atoms with Crippen LogP contribution in [0.4, 0.5) is 50.0 Å². The number of nitrogens with two attached hydrogens (primary N) is 2. The van der Waals surface area contributed by atoms with Crippen LogP contribution in [0.25, 0.3) is 0 Å². The number of carbonyl (C=O) groups excluding carboxylic acids is 1. The summed E-state index contributed by atoms with van der Waals surface area (Å²) in [4.78, 5) is 15.1. The number of alkyl halides is 9. The van der Waals surface area contributed by atoms with Gasteiger partial charge in [-0.15, -0.1) is 0 Å². The fourth-order valence-electron chi connectivity index (χ4n) is 4.74. The van der Waals surface area contributed by atoms with Gasteiger partial charge in [-0.2, -0.15) is 44.6 Å². The van der Waals surface area contributed by atoms with Crippen LogP contribution in [0.3, 0.4) is 0 Å². The van der Waals surface area contributed by atoms with Crippen LogP contribution in [0.2, 0.25) is 0 Å². The number of nitrogens with zero attached hydrogens (tertiary/aromatic N) is 5. The minimum atomic E-state index is -5.16. The smallest absolute Gasteiger partial charge is 0.416 e. The van der Waals surface area contributed by atoms with Crippen LogP contribution >= 0.6 is 0 Å². The predicted octanol–water partition coefficient (Wildman–Crippen LogP) is 7.07. The molecule has 2 aromatic rings. The largest absolute Gasteiger partial charge is 0.446 e. The molecule has 0 bridgehead atoms. The standard InChI is InChI=1S/C27H30F9N7O2/c1-14(2)45-24(44)43-15(3)8-22(20-12-17(25(28,29)30)4-5-21(20)43)42(23(38)40-41-39-7-6-37)13-16-9-18(26(31,32)33)11-19(10-16)27(34,35)36/h4-5,9-12,14-15,22H,6-8,13,37H2,1-3H3,(H2,38,39,40)/t15-,22+/m1/s1. The van der Waals surface area contributed by atoms with Gasteiger partial charge in [0.15, 0.2) is 0 Å². The van der Waals surface area contributed by atoms with Gasteiger partial charge in [0.25, 0.3) is 0 Å². The molecule has 2 atom stereocenters. The average Bonchev–Trinajstić information content (AvgIpc) is 2.91. The van der Waals surface area contributed by atoms with Crippen LogP contribution in [-0.4, -0.2) is 42.2 Å². The molecule has 0 spiro atoms. The summed E-state index contributed by atoms with van der Waals surface area (Å²) in [5.74, 6) is -0.583. The Morgan fingerprint density at radius 3 is 2.07 bits per heavy atom. The van der Waals surface area contributed by atoms with Crippen LogP contribution in [-0.2, 0) is 29.8 Å². The Labute approximate surface area is 251 Å². The quantitative estimate of drug-likeness (QED) is 0.109. The summed E-state index contributed by atoms with van der Waals surface area (Å²) in [5, 5.41) is 10.8. The molecule has 0 radical (unpaired) electrons. The summed E-state index contributed by atoms with van der Waals surface area (Å²) in [5.41, 5.74) is 6.40.